The number of hydrogen-bond acceptors (Lipinski definition) is 5. The summed E-state index contributed by atoms with van der Waals surface area (Å²) >= 11 is 0. The molecular formula is C22H27N3O4. The Morgan fingerprint density at radius 2 is 1.66 bits per heavy atom. The number of ether oxygens (including phenoxy) is 1. The number of para-hydroxylation sites is 1. The van der Waals surface area contributed by atoms with Crippen molar-refractivity contribution in [3.05, 3.63) is 64.2 Å². The zero-order valence-electron chi connectivity index (χ0n) is 17.1. The number of hydrogen-bond donors (Lipinski definition) is 0. The third-order valence-electron chi connectivity index (χ3n) is 5.10. The van der Waals surface area contributed by atoms with Gasteiger partial charge >= 0.3 is 0 Å². The molecular weight excluding hydrogens is 370 g/mol. The Bertz CT molecular complexity index is 866. The van der Waals surface area contributed by atoms with E-state index >= 15 is 0 Å². The van der Waals surface area contributed by atoms with E-state index in [1.165, 1.54) is 12.1 Å². The number of carbonyl (C=O) groups excluding carboxylic acids is 1. The van der Waals surface area contributed by atoms with Crippen molar-refractivity contribution in [3.63, 3.8) is 0 Å². The minimum Gasteiger partial charge on any atom is -0.483 e. The summed E-state index contributed by atoms with van der Waals surface area (Å²) in [6, 6.07) is 14.3. The largest absolute Gasteiger partial charge is 0.483 e. The Morgan fingerprint density at radius 1 is 1.03 bits per heavy atom. The average molecular weight is 397 g/mol. The maximum absolute atomic E-state index is 12.6. The lowest BCUT2D eigenvalue weighted by Gasteiger charge is -2.36. The molecule has 3 rings (SSSR count). The highest BCUT2D eigenvalue weighted by atomic mass is 16.6. The number of nitrogens with zero attached hydrogens (tertiary/aromatic N) is 3. The SMILES string of the molecule is CC(C)(C)c1ccccc1OCC(=O)N1CCN(c2ccc([N+](=O)[O-])cc2)CC1. The first-order valence-corrected chi connectivity index (χ1v) is 9.75. The van der Waals surface area contributed by atoms with Gasteiger partial charge in [0.2, 0.25) is 0 Å². The quantitative estimate of drug-likeness (QED) is 0.569. The first-order chi connectivity index (χ1) is 13.8. The van der Waals surface area contributed by atoms with Crippen molar-refractivity contribution in [1.82, 2.24) is 4.90 Å². The van der Waals surface area contributed by atoms with Gasteiger partial charge in [0.25, 0.3) is 11.6 Å². The van der Waals surface area contributed by atoms with Crippen LogP contribution in [0.25, 0.3) is 0 Å². The molecule has 1 aliphatic rings. The monoisotopic (exact) mass is 397 g/mol. The molecule has 0 aliphatic carbocycles. The Morgan fingerprint density at radius 3 is 2.24 bits per heavy atom. The molecule has 154 valence electrons. The fourth-order valence-corrected chi connectivity index (χ4v) is 3.44. The van der Waals surface area contributed by atoms with Gasteiger partial charge < -0.3 is 14.5 Å². The summed E-state index contributed by atoms with van der Waals surface area (Å²) in [6.07, 6.45) is 0. The van der Waals surface area contributed by atoms with E-state index in [9.17, 15) is 14.9 Å². The van der Waals surface area contributed by atoms with Gasteiger partial charge in [-0.2, -0.15) is 0 Å². The number of carbonyl (C=O) groups is 1. The van der Waals surface area contributed by atoms with E-state index in [-0.39, 0.29) is 23.6 Å². The van der Waals surface area contributed by atoms with Gasteiger partial charge in [0.05, 0.1) is 4.92 Å². The molecule has 1 aliphatic heterocycles. The Balaban J connectivity index is 1.54. The van der Waals surface area contributed by atoms with Crippen LogP contribution >= 0.6 is 0 Å². The lowest BCUT2D eigenvalue weighted by molar-refractivity contribution is -0.384. The summed E-state index contributed by atoms with van der Waals surface area (Å²) < 4.78 is 5.86. The Labute approximate surface area is 171 Å². The van der Waals surface area contributed by atoms with Gasteiger partial charge in [-0.15, -0.1) is 0 Å². The Kier molecular flexibility index (Phi) is 6.06. The molecule has 7 nitrogen and oxygen atoms in total. The average Bonchev–Trinajstić information content (AvgIpc) is 2.71. The number of rotatable bonds is 5. The van der Waals surface area contributed by atoms with Crippen LogP contribution in [0.1, 0.15) is 26.3 Å². The van der Waals surface area contributed by atoms with Gasteiger partial charge in [0.1, 0.15) is 5.75 Å². The van der Waals surface area contributed by atoms with Crippen LogP contribution in [0.3, 0.4) is 0 Å². The van der Waals surface area contributed by atoms with Gasteiger partial charge in [-0.3, -0.25) is 14.9 Å². The molecule has 2 aromatic rings. The zero-order chi connectivity index (χ0) is 21.0. The second-order valence-corrected chi connectivity index (χ2v) is 8.18. The first kappa shape index (κ1) is 20.6. The van der Waals surface area contributed by atoms with Gasteiger partial charge in [0, 0.05) is 44.0 Å². The highest BCUT2D eigenvalue weighted by Crippen LogP contribution is 2.31. The van der Waals surface area contributed by atoms with Crippen LogP contribution in [-0.4, -0.2) is 48.5 Å². The van der Waals surface area contributed by atoms with Crippen molar-refractivity contribution >= 4 is 17.3 Å². The van der Waals surface area contributed by atoms with E-state index in [1.807, 2.05) is 29.2 Å². The van der Waals surface area contributed by atoms with Crippen molar-refractivity contribution in [2.45, 2.75) is 26.2 Å². The molecule has 2 aromatic carbocycles. The summed E-state index contributed by atoms with van der Waals surface area (Å²) in [5.74, 6) is 0.718. The number of piperazine rings is 1. The van der Waals surface area contributed by atoms with Gasteiger partial charge in [-0.25, -0.2) is 0 Å². The van der Waals surface area contributed by atoms with Gasteiger partial charge in [-0.05, 0) is 29.2 Å². The molecule has 7 heteroatoms. The first-order valence-electron chi connectivity index (χ1n) is 9.75. The third kappa shape index (κ3) is 5.04. The van der Waals surface area contributed by atoms with Gasteiger partial charge in [0.15, 0.2) is 6.61 Å². The lowest BCUT2D eigenvalue weighted by Crippen LogP contribution is -2.50. The van der Waals surface area contributed by atoms with E-state index in [2.05, 4.69) is 25.7 Å². The smallest absolute Gasteiger partial charge is 0.269 e. The van der Waals surface area contributed by atoms with Crippen molar-refractivity contribution in [1.29, 1.82) is 0 Å². The number of nitro groups is 1. The van der Waals surface area contributed by atoms with Crippen LogP contribution in [0.5, 0.6) is 5.75 Å². The summed E-state index contributed by atoms with van der Waals surface area (Å²) in [5.41, 5.74) is 2.03. The van der Waals surface area contributed by atoms with E-state index in [0.29, 0.717) is 26.2 Å². The molecule has 1 amide bonds. The predicted octanol–water partition coefficient (Wildman–Crippen LogP) is 3.62. The summed E-state index contributed by atoms with van der Waals surface area (Å²) in [5, 5.41) is 10.8. The maximum Gasteiger partial charge on any atom is 0.269 e. The predicted molar refractivity (Wildman–Crippen MR) is 113 cm³/mol. The normalized spacial score (nSPS) is 14.6. The molecule has 0 spiro atoms. The van der Waals surface area contributed by atoms with Crippen LogP contribution in [0.4, 0.5) is 11.4 Å². The molecule has 1 saturated heterocycles. The Hall–Kier alpha value is -3.09. The third-order valence-corrected chi connectivity index (χ3v) is 5.10. The topological polar surface area (TPSA) is 75.9 Å². The van der Waals surface area contributed by atoms with Crippen LogP contribution in [0.2, 0.25) is 0 Å². The number of nitro benzene ring substituents is 1. The number of amides is 1. The minimum atomic E-state index is -0.405. The highest BCUT2D eigenvalue weighted by molar-refractivity contribution is 5.78. The highest BCUT2D eigenvalue weighted by Gasteiger charge is 2.23. The van der Waals surface area contributed by atoms with Crippen molar-refractivity contribution in [3.8, 4) is 5.75 Å². The molecule has 0 unspecified atom stereocenters. The zero-order valence-corrected chi connectivity index (χ0v) is 17.1. The number of anilines is 1. The van der Waals surface area contributed by atoms with Crippen molar-refractivity contribution in [2.75, 3.05) is 37.7 Å². The summed E-state index contributed by atoms with van der Waals surface area (Å²) in [6.45, 7) is 8.94. The van der Waals surface area contributed by atoms with Crippen molar-refractivity contribution < 1.29 is 14.5 Å². The molecule has 0 N–H and O–H groups in total. The second kappa shape index (κ2) is 8.51. The fraction of sp³-hybridized carbons (Fsp3) is 0.409. The molecule has 0 atom stereocenters. The van der Waals surface area contributed by atoms with Crippen LogP contribution < -0.4 is 9.64 Å². The van der Waals surface area contributed by atoms with E-state index in [0.717, 1.165) is 17.0 Å². The van der Waals surface area contributed by atoms with Gasteiger partial charge in [-0.1, -0.05) is 39.0 Å². The van der Waals surface area contributed by atoms with Crippen LogP contribution in [0.15, 0.2) is 48.5 Å². The summed E-state index contributed by atoms with van der Waals surface area (Å²) in [7, 11) is 0. The molecule has 0 radical (unpaired) electrons. The van der Waals surface area contributed by atoms with E-state index in [4.69, 9.17) is 4.74 Å². The molecule has 0 aromatic heterocycles. The molecule has 1 heterocycles. The number of non-ortho nitro benzene ring substituents is 1. The van der Waals surface area contributed by atoms with Crippen molar-refractivity contribution in [2.24, 2.45) is 0 Å². The molecule has 0 bridgehead atoms. The fourth-order valence-electron chi connectivity index (χ4n) is 3.44. The lowest BCUT2D eigenvalue weighted by atomic mass is 9.86. The second-order valence-electron chi connectivity index (χ2n) is 8.18. The van der Waals surface area contributed by atoms with E-state index in [1.54, 1.807) is 12.1 Å². The molecule has 1 fully saturated rings. The minimum absolute atomic E-state index is 0.0185. The van der Waals surface area contributed by atoms with Crippen LogP contribution in [-0.2, 0) is 10.2 Å². The van der Waals surface area contributed by atoms with E-state index < -0.39 is 4.92 Å². The molecule has 29 heavy (non-hydrogen) atoms. The molecule has 0 saturated carbocycles. The van der Waals surface area contributed by atoms with Crippen LogP contribution in [0, 0.1) is 10.1 Å². The maximum atomic E-state index is 12.6. The number of benzene rings is 2. The standard InChI is InChI=1S/C22H27N3O4/c1-22(2,3)19-6-4-5-7-20(19)29-16-21(26)24-14-12-23(13-15-24)17-8-10-18(11-9-17)25(27)28/h4-11H,12-16H2,1-3H3. The summed E-state index contributed by atoms with van der Waals surface area (Å²) in [4.78, 5) is 26.9.